The lowest BCUT2D eigenvalue weighted by Crippen LogP contribution is -2.36. The first-order valence-electron chi connectivity index (χ1n) is 7.61. The molecule has 2 atom stereocenters. The van der Waals surface area contributed by atoms with Gasteiger partial charge in [-0.1, -0.05) is 45.0 Å². The monoisotopic (exact) mass is 273 g/mol. The molecule has 0 saturated heterocycles. The molecule has 1 aromatic rings. The number of fused-ring (bicyclic) bond motifs is 1. The van der Waals surface area contributed by atoms with Crippen LogP contribution in [0.15, 0.2) is 36.9 Å². The topological polar surface area (TPSA) is 21.3 Å². The van der Waals surface area contributed by atoms with Gasteiger partial charge in [0.1, 0.15) is 11.9 Å². The Labute approximate surface area is 123 Å². The zero-order valence-electron chi connectivity index (χ0n) is 13.0. The van der Waals surface area contributed by atoms with Crippen LogP contribution < -0.4 is 10.1 Å². The molecule has 2 nitrogen and oxygen atoms in total. The molecule has 0 spiro atoms. The number of hydrogen-bond donors (Lipinski definition) is 1. The minimum Gasteiger partial charge on any atom is -0.490 e. The summed E-state index contributed by atoms with van der Waals surface area (Å²) in [5, 5.41) is 3.54. The molecule has 0 bridgehead atoms. The fourth-order valence-electron chi connectivity index (χ4n) is 2.76. The first-order chi connectivity index (χ1) is 9.52. The van der Waals surface area contributed by atoms with Crippen LogP contribution in [0, 0.1) is 11.3 Å². The van der Waals surface area contributed by atoms with Crippen LogP contribution in [0.4, 0.5) is 0 Å². The largest absolute Gasteiger partial charge is 0.490 e. The van der Waals surface area contributed by atoms with Gasteiger partial charge in [-0.05, 0) is 30.5 Å². The summed E-state index contributed by atoms with van der Waals surface area (Å²) in [5.41, 5.74) is 1.42. The highest BCUT2D eigenvalue weighted by atomic mass is 16.5. The van der Waals surface area contributed by atoms with Gasteiger partial charge in [0.25, 0.3) is 0 Å². The van der Waals surface area contributed by atoms with Crippen LogP contribution in [0.1, 0.15) is 32.8 Å². The Hall–Kier alpha value is -1.28. The lowest BCUT2D eigenvalue weighted by atomic mass is 9.83. The van der Waals surface area contributed by atoms with Crippen molar-refractivity contribution in [1.82, 2.24) is 5.32 Å². The molecule has 0 aromatic heterocycles. The minimum atomic E-state index is 0.0849. The second-order valence-electron chi connectivity index (χ2n) is 6.64. The molecule has 2 heteroatoms. The average molecular weight is 273 g/mol. The predicted octanol–water partition coefficient (Wildman–Crippen LogP) is 3.82. The maximum absolute atomic E-state index is 6.06. The van der Waals surface area contributed by atoms with Gasteiger partial charge in [0.05, 0.1) is 0 Å². The van der Waals surface area contributed by atoms with Crippen LogP contribution in [0.2, 0.25) is 0 Å². The van der Waals surface area contributed by atoms with Gasteiger partial charge in [0.2, 0.25) is 0 Å². The molecule has 1 aromatic carbocycles. The number of para-hydroxylation sites is 1. The fraction of sp³-hybridized carbons (Fsp3) is 0.556. The summed E-state index contributed by atoms with van der Waals surface area (Å²) in [4.78, 5) is 0. The van der Waals surface area contributed by atoms with Crippen molar-refractivity contribution < 1.29 is 4.74 Å². The molecule has 1 N–H and O–H groups in total. The highest BCUT2D eigenvalue weighted by Crippen LogP contribution is 2.34. The lowest BCUT2D eigenvalue weighted by Gasteiger charge is -2.29. The summed E-state index contributed by atoms with van der Waals surface area (Å²) < 4.78 is 6.06. The Morgan fingerprint density at radius 2 is 2.20 bits per heavy atom. The van der Waals surface area contributed by atoms with E-state index < -0.39 is 0 Å². The van der Waals surface area contributed by atoms with Gasteiger partial charge in [-0.2, -0.15) is 0 Å². The van der Waals surface area contributed by atoms with Crippen molar-refractivity contribution >= 4 is 0 Å². The van der Waals surface area contributed by atoms with E-state index in [1.54, 1.807) is 0 Å². The van der Waals surface area contributed by atoms with E-state index in [2.05, 4.69) is 56.9 Å². The Kier molecular flexibility index (Phi) is 4.87. The van der Waals surface area contributed by atoms with Crippen LogP contribution in [0.25, 0.3) is 0 Å². The van der Waals surface area contributed by atoms with Crippen LogP contribution >= 0.6 is 0 Å². The smallest absolute Gasteiger partial charge is 0.123 e. The molecule has 0 radical (unpaired) electrons. The van der Waals surface area contributed by atoms with Gasteiger partial charge in [0, 0.05) is 18.4 Å². The number of ether oxygens (including phenoxy) is 1. The van der Waals surface area contributed by atoms with E-state index in [9.17, 15) is 0 Å². The molecule has 20 heavy (non-hydrogen) atoms. The maximum Gasteiger partial charge on any atom is 0.123 e. The van der Waals surface area contributed by atoms with Crippen LogP contribution in [-0.2, 0) is 6.42 Å². The SMILES string of the molecule is C=CC(C)(CNCC(C)C)CC1Cc2ccccc2O1. The van der Waals surface area contributed by atoms with E-state index in [4.69, 9.17) is 4.74 Å². The Balaban J connectivity index is 1.89. The molecule has 0 saturated carbocycles. The molecular weight excluding hydrogens is 246 g/mol. The van der Waals surface area contributed by atoms with Crippen molar-refractivity contribution in [3.8, 4) is 5.75 Å². The molecule has 0 amide bonds. The third-order valence-electron chi connectivity index (χ3n) is 3.98. The molecule has 0 fully saturated rings. The fourth-order valence-corrected chi connectivity index (χ4v) is 2.76. The molecule has 0 aliphatic carbocycles. The molecule has 110 valence electrons. The van der Waals surface area contributed by atoms with E-state index in [1.807, 2.05) is 6.07 Å². The molecule has 1 aliphatic rings. The third kappa shape index (κ3) is 3.86. The third-order valence-corrected chi connectivity index (χ3v) is 3.98. The van der Waals surface area contributed by atoms with Crippen molar-refractivity contribution in [2.75, 3.05) is 13.1 Å². The number of hydrogen-bond acceptors (Lipinski definition) is 2. The minimum absolute atomic E-state index is 0.0849. The van der Waals surface area contributed by atoms with E-state index >= 15 is 0 Å². The summed E-state index contributed by atoms with van der Waals surface area (Å²) in [6, 6.07) is 8.36. The average Bonchev–Trinajstić information content (AvgIpc) is 2.80. The summed E-state index contributed by atoms with van der Waals surface area (Å²) in [5.74, 6) is 1.73. The van der Waals surface area contributed by atoms with Gasteiger partial charge in [-0.25, -0.2) is 0 Å². The highest BCUT2D eigenvalue weighted by molar-refractivity contribution is 5.37. The van der Waals surface area contributed by atoms with Crippen molar-refractivity contribution in [2.24, 2.45) is 11.3 Å². The Bertz CT molecular complexity index is 429. The van der Waals surface area contributed by atoms with Gasteiger partial charge in [-0.15, -0.1) is 6.58 Å². The van der Waals surface area contributed by atoms with E-state index in [0.29, 0.717) is 5.92 Å². The first kappa shape index (κ1) is 15.1. The molecule has 1 heterocycles. The zero-order valence-corrected chi connectivity index (χ0v) is 13.0. The van der Waals surface area contributed by atoms with Gasteiger partial charge in [0.15, 0.2) is 0 Å². The van der Waals surface area contributed by atoms with Crippen LogP contribution in [0.5, 0.6) is 5.75 Å². The molecule has 1 aliphatic heterocycles. The second-order valence-corrected chi connectivity index (χ2v) is 6.64. The number of nitrogens with one attached hydrogen (secondary N) is 1. The summed E-state index contributed by atoms with van der Waals surface area (Å²) in [7, 11) is 0. The molecule has 2 unspecified atom stereocenters. The molecular formula is C18H27NO. The Morgan fingerprint density at radius 3 is 2.85 bits per heavy atom. The zero-order chi connectivity index (χ0) is 14.6. The number of benzene rings is 1. The van der Waals surface area contributed by atoms with Gasteiger partial charge >= 0.3 is 0 Å². The van der Waals surface area contributed by atoms with Crippen molar-refractivity contribution in [2.45, 2.75) is 39.7 Å². The predicted molar refractivity (Wildman–Crippen MR) is 85.2 cm³/mol. The van der Waals surface area contributed by atoms with Crippen LogP contribution in [0.3, 0.4) is 0 Å². The number of rotatable bonds is 7. The maximum atomic E-state index is 6.06. The van der Waals surface area contributed by atoms with Crippen molar-refractivity contribution in [1.29, 1.82) is 0 Å². The Morgan fingerprint density at radius 1 is 1.45 bits per heavy atom. The van der Waals surface area contributed by atoms with E-state index in [-0.39, 0.29) is 11.5 Å². The van der Waals surface area contributed by atoms with E-state index in [0.717, 1.165) is 31.7 Å². The summed E-state index contributed by atoms with van der Waals surface area (Å²) in [6.07, 6.45) is 4.38. The summed E-state index contributed by atoms with van der Waals surface area (Å²) >= 11 is 0. The normalized spacial score (nSPS) is 20.3. The quantitative estimate of drug-likeness (QED) is 0.763. The highest BCUT2D eigenvalue weighted by Gasteiger charge is 2.30. The lowest BCUT2D eigenvalue weighted by molar-refractivity contribution is 0.169. The van der Waals surface area contributed by atoms with Gasteiger partial charge in [-0.3, -0.25) is 0 Å². The van der Waals surface area contributed by atoms with Crippen LogP contribution in [-0.4, -0.2) is 19.2 Å². The summed E-state index contributed by atoms with van der Waals surface area (Å²) in [6.45, 7) is 12.8. The molecule has 2 rings (SSSR count). The van der Waals surface area contributed by atoms with Gasteiger partial charge < -0.3 is 10.1 Å². The first-order valence-corrected chi connectivity index (χ1v) is 7.61. The standard InChI is InChI=1S/C18H27NO/c1-5-18(4,13-19-12-14(2)3)11-16-10-15-8-6-7-9-17(15)20-16/h5-9,14,16,19H,1,10-13H2,2-4H3. The van der Waals surface area contributed by atoms with Crippen molar-refractivity contribution in [3.63, 3.8) is 0 Å². The van der Waals surface area contributed by atoms with E-state index in [1.165, 1.54) is 5.56 Å². The van der Waals surface area contributed by atoms with Crippen molar-refractivity contribution in [3.05, 3.63) is 42.5 Å². The second kappa shape index (κ2) is 6.45.